The fourth-order valence-corrected chi connectivity index (χ4v) is 3.62. The SMILES string of the molecule is COc1ccc(N2C(=O)N(SC(F)(Cl)Cl)NC2C2CC2)cc1Cl. The van der Waals surface area contributed by atoms with Crippen molar-refractivity contribution in [2.75, 3.05) is 12.0 Å². The fourth-order valence-electron chi connectivity index (χ4n) is 2.42. The van der Waals surface area contributed by atoms with Crippen LogP contribution in [0.4, 0.5) is 14.9 Å². The zero-order chi connectivity index (χ0) is 16.8. The summed E-state index contributed by atoms with van der Waals surface area (Å²) in [4.78, 5) is 14.1. The summed E-state index contributed by atoms with van der Waals surface area (Å²) in [5.74, 6) is 0.790. The molecule has 10 heteroatoms. The van der Waals surface area contributed by atoms with Crippen molar-refractivity contribution >= 4 is 58.5 Å². The van der Waals surface area contributed by atoms with E-state index >= 15 is 0 Å². The average molecular weight is 401 g/mol. The van der Waals surface area contributed by atoms with Crippen LogP contribution < -0.4 is 15.1 Å². The van der Waals surface area contributed by atoms with Gasteiger partial charge < -0.3 is 4.74 Å². The lowest BCUT2D eigenvalue weighted by Gasteiger charge is -2.22. The quantitative estimate of drug-likeness (QED) is 0.582. The van der Waals surface area contributed by atoms with Crippen LogP contribution >= 0.6 is 46.8 Å². The molecule has 1 saturated heterocycles. The van der Waals surface area contributed by atoms with Crippen molar-refractivity contribution < 1.29 is 13.9 Å². The lowest BCUT2D eigenvalue weighted by molar-refractivity contribution is 0.235. The molecule has 2 fully saturated rings. The van der Waals surface area contributed by atoms with Crippen LogP contribution in [0, 0.1) is 5.92 Å². The lowest BCUT2D eigenvalue weighted by Crippen LogP contribution is -2.39. The molecule has 0 aromatic heterocycles. The van der Waals surface area contributed by atoms with Crippen molar-refractivity contribution in [2.24, 2.45) is 5.92 Å². The third-order valence-corrected chi connectivity index (χ3v) is 4.94. The van der Waals surface area contributed by atoms with Crippen LogP contribution in [0.1, 0.15) is 12.8 Å². The van der Waals surface area contributed by atoms with Gasteiger partial charge in [-0.1, -0.05) is 34.8 Å². The predicted octanol–water partition coefficient (Wildman–Crippen LogP) is 4.54. The lowest BCUT2D eigenvalue weighted by atomic mass is 10.2. The molecule has 0 radical (unpaired) electrons. The van der Waals surface area contributed by atoms with Gasteiger partial charge in [-0.3, -0.25) is 4.90 Å². The normalized spacial score (nSPS) is 22.0. The Morgan fingerprint density at radius 2 is 2.13 bits per heavy atom. The molecule has 1 atom stereocenters. The number of carbonyl (C=O) groups is 1. The van der Waals surface area contributed by atoms with Gasteiger partial charge in [0.2, 0.25) is 0 Å². The van der Waals surface area contributed by atoms with Crippen LogP contribution in [0.5, 0.6) is 5.75 Å². The number of anilines is 1. The first-order chi connectivity index (χ1) is 10.8. The maximum atomic E-state index is 13.5. The number of hydrazine groups is 1. The standard InChI is InChI=1S/C13H13Cl3FN3O2S/c1-22-10-5-4-8(6-9(10)14)19-11(7-2-3-7)18-20(12(19)21)23-13(15,16)17/h4-7,11,18H,2-3H2,1H3. The molecule has 1 N–H and O–H groups in total. The highest BCUT2D eigenvalue weighted by molar-refractivity contribution is 8.01. The van der Waals surface area contributed by atoms with Crippen molar-refractivity contribution in [3.05, 3.63) is 23.2 Å². The Kier molecular flexibility index (Phi) is 4.77. The van der Waals surface area contributed by atoms with Gasteiger partial charge in [-0.15, -0.1) is 0 Å². The number of urea groups is 1. The molecule has 3 rings (SSSR count). The fraction of sp³-hybridized carbons (Fsp3) is 0.462. The van der Waals surface area contributed by atoms with Gasteiger partial charge in [0.15, 0.2) is 0 Å². The van der Waals surface area contributed by atoms with E-state index in [-0.39, 0.29) is 12.1 Å². The second-order valence-electron chi connectivity index (χ2n) is 5.21. The molecule has 1 aliphatic carbocycles. The van der Waals surface area contributed by atoms with E-state index in [4.69, 9.17) is 39.5 Å². The van der Waals surface area contributed by atoms with E-state index in [2.05, 4.69) is 5.43 Å². The molecule has 0 spiro atoms. The van der Waals surface area contributed by atoms with Gasteiger partial charge in [-0.05, 0) is 37.0 Å². The van der Waals surface area contributed by atoms with E-state index in [9.17, 15) is 9.18 Å². The second kappa shape index (κ2) is 6.37. The number of halogens is 4. The van der Waals surface area contributed by atoms with Crippen molar-refractivity contribution in [3.8, 4) is 5.75 Å². The molecule has 0 bridgehead atoms. The summed E-state index contributed by atoms with van der Waals surface area (Å²) in [6.45, 7) is 0. The summed E-state index contributed by atoms with van der Waals surface area (Å²) in [5, 5.41) is 0.382. The third-order valence-electron chi connectivity index (χ3n) is 3.58. The number of carbonyl (C=O) groups excluding carboxylic acids is 1. The minimum Gasteiger partial charge on any atom is -0.495 e. The maximum absolute atomic E-state index is 13.5. The number of methoxy groups -OCH3 is 1. The van der Waals surface area contributed by atoms with E-state index < -0.39 is 9.95 Å². The minimum atomic E-state index is -2.61. The highest BCUT2D eigenvalue weighted by Gasteiger charge is 2.48. The van der Waals surface area contributed by atoms with Gasteiger partial charge in [-0.25, -0.2) is 4.79 Å². The Hall–Kier alpha value is -0.600. The van der Waals surface area contributed by atoms with Crippen molar-refractivity contribution in [3.63, 3.8) is 0 Å². The molecular weight excluding hydrogens is 388 g/mol. The summed E-state index contributed by atoms with van der Waals surface area (Å²) in [6, 6.07) is 4.56. The third kappa shape index (κ3) is 3.74. The van der Waals surface area contributed by atoms with Crippen molar-refractivity contribution in [1.82, 2.24) is 9.84 Å². The molecule has 1 aromatic carbocycles. The predicted molar refractivity (Wildman–Crippen MR) is 90.5 cm³/mol. The number of alkyl halides is 3. The van der Waals surface area contributed by atoms with Crippen LogP contribution in [-0.4, -0.2) is 27.6 Å². The van der Waals surface area contributed by atoms with E-state index in [1.807, 2.05) is 0 Å². The molecule has 1 unspecified atom stereocenters. The Labute approximate surface area is 152 Å². The molecule has 1 aromatic rings. The van der Waals surface area contributed by atoms with Gasteiger partial charge in [0.1, 0.15) is 11.9 Å². The van der Waals surface area contributed by atoms with E-state index in [0.29, 0.717) is 28.4 Å². The van der Waals surface area contributed by atoms with Crippen LogP contribution in [0.2, 0.25) is 5.02 Å². The average Bonchev–Trinajstić information content (AvgIpc) is 3.24. The number of hydrogen-bond acceptors (Lipinski definition) is 4. The summed E-state index contributed by atoms with van der Waals surface area (Å²) < 4.78 is 17.0. The summed E-state index contributed by atoms with van der Waals surface area (Å²) in [6.07, 6.45) is 1.66. The topological polar surface area (TPSA) is 44.8 Å². The molecule has 2 aliphatic rings. The molecule has 1 saturated carbocycles. The zero-order valence-corrected chi connectivity index (χ0v) is 15.0. The Morgan fingerprint density at radius 3 is 2.65 bits per heavy atom. The first kappa shape index (κ1) is 17.2. The largest absolute Gasteiger partial charge is 0.495 e. The van der Waals surface area contributed by atoms with Gasteiger partial charge in [0, 0.05) is 17.6 Å². The second-order valence-corrected chi connectivity index (χ2v) is 8.41. The highest BCUT2D eigenvalue weighted by Crippen LogP contribution is 2.44. The summed E-state index contributed by atoms with van der Waals surface area (Å²) in [7, 11) is 1.51. The van der Waals surface area contributed by atoms with Crippen molar-refractivity contribution in [1.29, 1.82) is 0 Å². The monoisotopic (exact) mass is 399 g/mol. The van der Waals surface area contributed by atoms with Crippen LogP contribution in [0.15, 0.2) is 18.2 Å². The number of amides is 2. The van der Waals surface area contributed by atoms with Gasteiger partial charge >= 0.3 is 9.95 Å². The Bertz CT molecular complexity index is 627. The zero-order valence-electron chi connectivity index (χ0n) is 11.9. The first-order valence-electron chi connectivity index (χ1n) is 6.79. The molecule has 2 amide bonds. The van der Waals surface area contributed by atoms with Gasteiger partial charge in [0.25, 0.3) is 0 Å². The number of nitrogens with zero attached hydrogens (tertiary/aromatic N) is 2. The van der Waals surface area contributed by atoms with Gasteiger partial charge in [0.05, 0.1) is 12.1 Å². The van der Waals surface area contributed by atoms with Crippen LogP contribution in [0.3, 0.4) is 0 Å². The van der Waals surface area contributed by atoms with Crippen LogP contribution in [0.25, 0.3) is 0 Å². The van der Waals surface area contributed by atoms with E-state index in [1.54, 1.807) is 18.2 Å². The number of hydrogen-bond donors (Lipinski definition) is 1. The molecule has 23 heavy (non-hydrogen) atoms. The maximum Gasteiger partial charge on any atom is 0.350 e. The summed E-state index contributed by atoms with van der Waals surface area (Å²) >= 11 is 17.2. The highest BCUT2D eigenvalue weighted by atomic mass is 35.5. The van der Waals surface area contributed by atoms with Crippen LogP contribution in [-0.2, 0) is 0 Å². The smallest absolute Gasteiger partial charge is 0.350 e. The Balaban J connectivity index is 1.89. The minimum absolute atomic E-state index is 0.282. The molecular formula is C13H13Cl3FN3O2S. The molecule has 5 nitrogen and oxygen atoms in total. The summed E-state index contributed by atoms with van der Waals surface area (Å²) in [5.41, 5.74) is 3.53. The number of ether oxygens (including phenoxy) is 1. The number of benzene rings is 1. The number of rotatable bonds is 5. The van der Waals surface area contributed by atoms with E-state index in [0.717, 1.165) is 17.3 Å². The van der Waals surface area contributed by atoms with Crippen molar-refractivity contribution in [2.45, 2.75) is 22.9 Å². The van der Waals surface area contributed by atoms with Gasteiger partial charge in [-0.2, -0.15) is 14.2 Å². The first-order valence-corrected chi connectivity index (χ1v) is 8.70. The van der Waals surface area contributed by atoms with E-state index in [1.165, 1.54) is 12.0 Å². The molecule has 1 aliphatic heterocycles. The molecule has 1 heterocycles. The Morgan fingerprint density at radius 1 is 1.43 bits per heavy atom. The number of nitrogens with one attached hydrogen (secondary N) is 1. The molecule has 126 valence electrons.